The summed E-state index contributed by atoms with van der Waals surface area (Å²) in [5.74, 6) is -1.77. The van der Waals surface area contributed by atoms with Crippen molar-refractivity contribution in [3.63, 3.8) is 0 Å². The zero-order valence-corrected chi connectivity index (χ0v) is 22.4. The summed E-state index contributed by atoms with van der Waals surface area (Å²) in [6, 6.07) is -1.18. The first-order valence-corrected chi connectivity index (χ1v) is 13.8. The number of thiazole rings is 4. The number of hydrogen-bond donors (Lipinski definition) is 3. The summed E-state index contributed by atoms with van der Waals surface area (Å²) >= 11 is 5.35. The molecule has 0 fully saturated rings. The highest BCUT2D eigenvalue weighted by molar-refractivity contribution is 7.16. The van der Waals surface area contributed by atoms with Crippen LogP contribution in [0.3, 0.4) is 0 Å². The van der Waals surface area contributed by atoms with E-state index in [1.165, 1.54) is 45.3 Å². The monoisotopic (exact) mass is 564 g/mol. The SMILES string of the molecule is CC(C)(C)OC(=O)N[C@@H](Cc1nc(-c2nc(-c3nc(-c4nc(C(N)=O)cs4)cs3)cs2)cs1)C(=O)O. The van der Waals surface area contributed by atoms with Crippen molar-refractivity contribution in [2.45, 2.75) is 38.8 Å². The van der Waals surface area contributed by atoms with Gasteiger partial charge in [-0.2, -0.15) is 0 Å². The fraction of sp³-hybridized carbons (Fsp3) is 0.286. The maximum Gasteiger partial charge on any atom is 0.408 e. The molecule has 11 nitrogen and oxygen atoms in total. The molecule has 4 rings (SSSR count). The Hall–Kier alpha value is -3.27. The topological polar surface area (TPSA) is 170 Å². The predicted molar refractivity (Wildman–Crippen MR) is 138 cm³/mol. The lowest BCUT2D eigenvalue weighted by Crippen LogP contribution is -2.44. The van der Waals surface area contributed by atoms with Gasteiger partial charge in [0.05, 0.1) is 5.01 Å². The minimum atomic E-state index is -1.18. The fourth-order valence-corrected chi connectivity index (χ4v) is 6.16. The number of rotatable bonds is 8. The first-order chi connectivity index (χ1) is 17.0. The van der Waals surface area contributed by atoms with E-state index in [0.717, 1.165) is 0 Å². The molecule has 0 saturated carbocycles. The molecule has 1 atom stereocenters. The van der Waals surface area contributed by atoms with Gasteiger partial charge in [-0.15, -0.1) is 45.3 Å². The molecular formula is C21H20N6O5S4. The molecule has 4 N–H and O–H groups in total. The lowest BCUT2D eigenvalue weighted by molar-refractivity contribution is -0.139. The number of carbonyl (C=O) groups is 3. The van der Waals surface area contributed by atoms with Crippen molar-refractivity contribution < 1.29 is 24.2 Å². The van der Waals surface area contributed by atoms with Gasteiger partial charge >= 0.3 is 12.1 Å². The van der Waals surface area contributed by atoms with Gasteiger partial charge in [0.2, 0.25) is 0 Å². The lowest BCUT2D eigenvalue weighted by atomic mass is 10.2. The Balaban J connectivity index is 1.45. The van der Waals surface area contributed by atoms with E-state index in [4.69, 9.17) is 10.5 Å². The van der Waals surface area contributed by atoms with Crippen LogP contribution in [0, 0.1) is 0 Å². The van der Waals surface area contributed by atoms with Crippen molar-refractivity contribution >= 4 is 63.3 Å². The summed E-state index contributed by atoms with van der Waals surface area (Å²) in [5, 5.41) is 21.4. The van der Waals surface area contributed by atoms with E-state index in [2.05, 4.69) is 25.3 Å². The molecule has 2 amide bonds. The lowest BCUT2D eigenvalue weighted by Gasteiger charge is -2.21. The van der Waals surface area contributed by atoms with Crippen molar-refractivity contribution in [2.24, 2.45) is 5.73 Å². The Kier molecular flexibility index (Phi) is 7.44. The van der Waals surface area contributed by atoms with Gasteiger partial charge in [0.25, 0.3) is 5.91 Å². The van der Waals surface area contributed by atoms with Crippen LogP contribution in [0.2, 0.25) is 0 Å². The second-order valence-electron chi connectivity index (χ2n) is 8.35. The van der Waals surface area contributed by atoms with Crippen LogP contribution >= 0.6 is 45.3 Å². The quantitative estimate of drug-likeness (QED) is 0.285. The molecule has 0 aliphatic carbocycles. The van der Waals surface area contributed by atoms with Gasteiger partial charge in [-0.3, -0.25) is 4.79 Å². The highest BCUT2D eigenvalue weighted by Gasteiger charge is 2.25. The first kappa shape index (κ1) is 25.8. The molecule has 0 aromatic carbocycles. The minimum absolute atomic E-state index is 0.00835. The summed E-state index contributed by atoms with van der Waals surface area (Å²) in [7, 11) is 0. The molecule has 0 bridgehead atoms. The van der Waals surface area contributed by atoms with E-state index in [9.17, 15) is 19.5 Å². The number of hydrogen-bond acceptors (Lipinski definition) is 12. The molecule has 0 unspecified atom stereocenters. The Labute approximate surface area is 221 Å². The van der Waals surface area contributed by atoms with Gasteiger partial charge in [-0.1, -0.05) is 0 Å². The summed E-state index contributed by atoms with van der Waals surface area (Å²) in [5.41, 5.74) is 6.64. The Morgan fingerprint density at radius 1 is 0.917 bits per heavy atom. The van der Waals surface area contributed by atoms with Crippen LogP contribution in [0.15, 0.2) is 21.5 Å². The summed E-state index contributed by atoms with van der Waals surface area (Å²) < 4.78 is 5.15. The van der Waals surface area contributed by atoms with Crippen LogP contribution < -0.4 is 11.1 Å². The Bertz CT molecular complexity index is 1420. The van der Waals surface area contributed by atoms with E-state index in [0.29, 0.717) is 37.1 Å². The van der Waals surface area contributed by atoms with Crippen molar-refractivity contribution in [1.29, 1.82) is 0 Å². The van der Waals surface area contributed by atoms with Gasteiger partial charge in [0, 0.05) is 27.9 Å². The third-order valence-electron chi connectivity index (χ3n) is 4.34. The maximum absolute atomic E-state index is 12.0. The van der Waals surface area contributed by atoms with Crippen LogP contribution in [0.5, 0.6) is 0 Å². The number of nitrogens with zero attached hydrogens (tertiary/aromatic N) is 4. The summed E-state index contributed by atoms with van der Waals surface area (Å²) in [6.07, 6.45) is -0.795. The molecule has 4 heterocycles. The van der Waals surface area contributed by atoms with Crippen molar-refractivity contribution in [1.82, 2.24) is 25.3 Å². The number of carbonyl (C=O) groups excluding carboxylic acids is 2. The van der Waals surface area contributed by atoms with E-state index in [-0.39, 0.29) is 12.1 Å². The van der Waals surface area contributed by atoms with Crippen LogP contribution in [0.25, 0.3) is 32.1 Å². The molecule has 0 aliphatic heterocycles. The smallest absolute Gasteiger partial charge is 0.408 e. The van der Waals surface area contributed by atoms with Crippen LogP contribution in [-0.2, 0) is 16.0 Å². The molecule has 0 spiro atoms. The molecule has 36 heavy (non-hydrogen) atoms. The molecule has 15 heteroatoms. The molecule has 188 valence electrons. The third-order valence-corrected chi connectivity index (χ3v) is 7.81. The molecule has 4 aromatic rings. The summed E-state index contributed by atoms with van der Waals surface area (Å²) in [6.45, 7) is 5.09. The van der Waals surface area contributed by atoms with E-state index in [1.807, 2.05) is 10.8 Å². The number of aliphatic carboxylic acids is 1. The largest absolute Gasteiger partial charge is 0.480 e. The van der Waals surface area contributed by atoms with Gasteiger partial charge < -0.3 is 20.9 Å². The highest BCUT2D eigenvalue weighted by Crippen LogP contribution is 2.34. The number of alkyl carbamates (subject to hydrolysis) is 1. The number of aromatic nitrogens is 4. The predicted octanol–water partition coefficient (Wildman–Crippen LogP) is 4.13. The molecule has 0 radical (unpaired) electrons. The zero-order chi connectivity index (χ0) is 26.0. The second kappa shape index (κ2) is 10.4. The van der Waals surface area contributed by atoms with E-state index >= 15 is 0 Å². The number of carboxylic acids is 1. The van der Waals surface area contributed by atoms with Gasteiger partial charge in [0.1, 0.15) is 49.4 Å². The first-order valence-electron chi connectivity index (χ1n) is 10.3. The Morgan fingerprint density at radius 3 is 1.97 bits per heavy atom. The average molecular weight is 565 g/mol. The highest BCUT2D eigenvalue weighted by atomic mass is 32.1. The average Bonchev–Trinajstić information content (AvgIpc) is 3.57. The van der Waals surface area contributed by atoms with Crippen molar-refractivity contribution in [3.05, 3.63) is 32.2 Å². The molecular weight excluding hydrogens is 545 g/mol. The number of ether oxygens (including phenoxy) is 1. The van der Waals surface area contributed by atoms with E-state index < -0.39 is 29.6 Å². The van der Waals surface area contributed by atoms with Crippen molar-refractivity contribution in [3.8, 4) is 32.1 Å². The number of carboxylic acid groups (broad SMARTS) is 1. The minimum Gasteiger partial charge on any atom is -0.480 e. The zero-order valence-electron chi connectivity index (χ0n) is 19.2. The van der Waals surface area contributed by atoms with Gasteiger partial charge in [-0.25, -0.2) is 29.5 Å². The number of nitrogens with two attached hydrogens (primary N) is 1. The molecule has 4 aromatic heterocycles. The van der Waals surface area contributed by atoms with Gasteiger partial charge in [0.15, 0.2) is 0 Å². The Morgan fingerprint density at radius 2 is 1.44 bits per heavy atom. The molecule has 0 saturated heterocycles. The van der Waals surface area contributed by atoms with Gasteiger partial charge in [-0.05, 0) is 20.8 Å². The van der Waals surface area contributed by atoms with E-state index in [1.54, 1.807) is 31.5 Å². The normalized spacial score (nSPS) is 12.3. The maximum atomic E-state index is 12.0. The molecule has 0 aliphatic rings. The summed E-state index contributed by atoms with van der Waals surface area (Å²) in [4.78, 5) is 52.8. The van der Waals surface area contributed by atoms with Crippen molar-refractivity contribution in [2.75, 3.05) is 0 Å². The number of amides is 2. The van der Waals surface area contributed by atoms with Crippen LogP contribution in [0.4, 0.5) is 4.79 Å². The van der Waals surface area contributed by atoms with Crippen LogP contribution in [0.1, 0.15) is 36.3 Å². The van der Waals surface area contributed by atoms with Crippen LogP contribution in [-0.4, -0.2) is 54.7 Å². The number of nitrogens with one attached hydrogen (secondary N) is 1. The number of primary amides is 1. The third kappa shape index (κ3) is 6.29. The second-order valence-corrected chi connectivity index (χ2v) is 11.9. The fourth-order valence-electron chi connectivity index (χ4n) is 2.81. The standard InChI is InChI=1S/C21H20N6O5S4/c1-21(2,3)32-20(31)27-9(19(29)30)4-14-23-11(6-33-14)16-25-13(8-35-16)18-26-12(7-36-18)17-24-10(5-34-17)15(22)28/h5-9H,4H2,1-3H3,(H2,22,28)(H,27,31)(H,29,30)/t9-/m0/s1.